The molecule has 0 unspecified atom stereocenters. The van der Waals surface area contributed by atoms with Crippen molar-refractivity contribution in [1.82, 2.24) is 4.72 Å². The van der Waals surface area contributed by atoms with Crippen LogP contribution in [-0.4, -0.2) is 40.2 Å². The predicted octanol–water partition coefficient (Wildman–Crippen LogP) is 1.11. The van der Waals surface area contributed by atoms with Crippen LogP contribution in [0.4, 0.5) is 5.69 Å². The second-order valence-electron chi connectivity index (χ2n) is 5.47. The molecule has 0 bridgehead atoms. The Morgan fingerprint density at radius 2 is 2.09 bits per heavy atom. The van der Waals surface area contributed by atoms with Crippen molar-refractivity contribution in [2.24, 2.45) is 0 Å². The molecule has 1 heterocycles. The molecule has 7 nitrogen and oxygen atoms in total. The van der Waals surface area contributed by atoms with Crippen molar-refractivity contribution < 1.29 is 22.7 Å². The largest absolute Gasteiger partial charge is 0.476 e. The normalized spacial score (nSPS) is 16.6. The highest BCUT2D eigenvalue weighted by molar-refractivity contribution is 7.89. The summed E-state index contributed by atoms with van der Waals surface area (Å²) in [5.41, 5.74) is -0.580. The summed E-state index contributed by atoms with van der Waals surface area (Å²) in [6.45, 7) is 4.01. The van der Waals surface area contributed by atoms with Gasteiger partial charge in [-0.05, 0) is 32.4 Å². The number of nitrogens with one attached hydrogen (secondary N) is 2. The number of benzene rings is 1. The SMILES string of the molecule is COCCCNS(=O)(=O)c1ccc2c(c1)OC(C)(C)C(=O)N2. The first-order valence-electron chi connectivity index (χ1n) is 6.89. The minimum Gasteiger partial charge on any atom is -0.476 e. The standard InChI is InChI=1S/C14H20N2O5S/c1-14(2)13(17)16-11-6-5-10(9-12(11)21-14)22(18,19)15-7-4-8-20-3/h5-6,9,15H,4,7-8H2,1-3H3,(H,16,17). The van der Waals surface area contributed by atoms with Crippen molar-refractivity contribution in [2.75, 3.05) is 25.6 Å². The lowest BCUT2D eigenvalue weighted by molar-refractivity contribution is -0.129. The molecule has 8 heteroatoms. The summed E-state index contributed by atoms with van der Waals surface area (Å²) in [6.07, 6.45) is 0.584. The Hall–Kier alpha value is -1.64. The average Bonchev–Trinajstić information content (AvgIpc) is 2.44. The molecule has 2 N–H and O–H groups in total. The van der Waals surface area contributed by atoms with Gasteiger partial charge in [0.25, 0.3) is 5.91 Å². The van der Waals surface area contributed by atoms with Crippen molar-refractivity contribution in [1.29, 1.82) is 0 Å². The van der Waals surface area contributed by atoms with Gasteiger partial charge in [-0.25, -0.2) is 13.1 Å². The lowest BCUT2D eigenvalue weighted by Gasteiger charge is -2.31. The van der Waals surface area contributed by atoms with Crippen LogP contribution >= 0.6 is 0 Å². The molecule has 0 saturated carbocycles. The van der Waals surface area contributed by atoms with Gasteiger partial charge in [0.05, 0.1) is 10.6 Å². The summed E-state index contributed by atoms with van der Waals surface area (Å²) >= 11 is 0. The number of carbonyl (C=O) groups is 1. The van der Waals surface area contributed by atoms with E-state index in [1.165, 1.54) is 18.2 Å². The van der Waals surface area contributed by atoms with Crippen LogP contribution < -0.4 is 14.8 Å². The number of hydrogen-bond donors (Lipinski definition) is 2. The third-order valence-electron chi connectivity index (χ3n) is 3.24. The Morgan fingerprint density at radius 3 is 2.77 bits per heavy atom. The fourth-order valence-corrected chi connectivity index (χ4v) is 3.05. The number of fused-ring (bicyclic) bond motifs is 1. The van der Waals surface area contributed by atoms with Gasteiger partial charge in [0.15, 0.2) is 5.60 Å². The zero-order valence-electron chi connectivity index (χ0n) is 12.8. The zero-order chi connectivity index (χ0) is 16.4. The van der Waals surface area contributed by atoms with Gasteiger partial charge in [-0.2, -0.15) is 0 Å². The maximum atomic E-state index is 12.2. The molecule has 0 spiro atoms. The van der Waals surface area contributed by atoms with Gasteiger partial charge in [-0.15, -0.1) is 0 Å². The molecule has 0 aromatic heterocycles. The van der Waals surface area contributed by atoms with Crippen LogP contribution in [-0.2, 0) is 19.6 Å². The number of carbonyl (C=O) groups excluding carboxylic acids is 1. The first-order chi connectivity index (χ1) is 10.3. The Bertz CT molecular complexity index is 670. The molecule has 1 amide bonds. The third kappa shape index (κ3) is 3.57. The molecule has 22 heavy (non-hydrogen) atoms. The Balaban J connectivity index is 2.19. The Kier molecular flexibility index (Phi) is 4.74. The smallest absolute Gasteiger partial charge is 0.268 e. The number of anilines is 1. The van der Waals surface area contributed by atoms with E-state index >= 15 is 0 Å². The van der Waals surface area contributed by atoms with Gasteiger partial charge < -0.3 is 14.8 Å². The third-order valence-corrected chi connectivity index (χ3v) is 4.70. The molecule has 0 atom stereocenters. The van der Waals surface area contributed by atoms with Crippen LogP contribution in [0.3, 0.4) is 0 Å². The second-order valence-corrected chi connectivity index (χ2v) is 7.24. The molecule has 0 radical (unpaired) electrons. The molecule has 0 aliphatic carbocycles. The van der Waals surface area contributed by atoms with E-state index in [1.807, 2.05) is 0 Å². The van der Waals surface area contributed by atoms with E-state index in [0.717, 1.165) is 0 Å². The van der Waals surface area contributed by atoms with Gasteiger partial charge in [-0.3, -0.25) is 4.79 Å². The van der Waals surface area contributed by atoms with E-state index in [-0.39, 0.29) is 17.3 Å². The molecule has 0 fully saturated rings. The lowest BCUT2D eigenvalue weighted by Crippen LogP contribution is -2.45. The summed E-state index contributed by atoms with van der Waals surface area (Å²) in [5.74, 6) is 0.0673. The summed E-state index contributed by atoms with van der Waals surface area (Å²) in [6, 6.07) is 4.36. The van der Waals surface area contributed by atoms with E-state index in [1.54, 1.807) is 21.0 Å². The summed E-state index contributed by atoms with van der Waals surface area (Å²) in [5, 5.41) is 2.69. The van der Waals surface area contributed by atoms with Gasteiger partial charge in [0.1, 0.15) is 5.75 Å². The number of ether oxygens (including phenoxy) is 2. The highest BCUT2D eigenvalue weighted by Gasteiger charge is 2.35. The predicted molar refractivity (Wildman–Crippen MR) is 81.5 cm³/mol. The highest BCUT2D eigenvalue weighted by atomic mass is 32.2. The molecular formula is C14H20N2O5S. The molecule has 2 rings (SSSR count). The van der Waals surface area contributed by atoms with E-state index in [4.69, 9.17) is 9.47 Å². The number of rotatable bonds is 6. The van der Waals surface area contributed by atoms with Crippen molar-refractivity contribution >= 4 is 21.6 Å². The molecule has 1 aliphatic rings. The van der Waals surface area contributed by atoms with Crippen LogP contribution in [0.2, 0.25) is 0 Å². The minimum atomic E-state index is -3.62. The van der Waals surface area contributed by atoms with E-state index in [2.05, 4.69) is 10.0 Å². The van der Waals surface area contributed by atoms with Crippen LogP contribution in [0.15, 0.2) is 23.1 Å². The molecule has 1 aliphatic heterocycles. The van der Waals surface area contributed by atoms with E-state index in [9.17, 15) is 13.2 Å². The van der Waals surface area contributed by atoms with Gasteiger partial charge >= 0.3 is 0 Å². The second kappa shape index (κ2) is 6.23. The van der Waals surface area contributed by atoms with Crippen LogP contribution in [0, 0.1) is 0 Å². The summed E-state index contributed by atoms with van der Waals surface area (Å²) in [4.78, 5) is 11.9. The zero-order valence-corrected chi connectivity index (χ0v) is 13.6. The molecule has 1 aromatic rings. The maximum absolute atomic E-state index is 12.2. The quantitative estimate of drug-likeness (QED) is 0.763. The first kappa shape index (κ1) is 16.7. The summed E-state index contributed by atoms with van der Waals surface area (Å²) < 4.78 is 37.4. The number of amides is 1. The van der Waals surface area contributed by atoms with Crippen LogP contribution in [0.5, 0.6) is 5.75 Å². The van der Waals surface area contributed by atoms with Crippen molar-refractivity contribution in [3.8, 4) is 5.75 Å². The first-order valence-corrected chi connectivity index (χ1v) is 8.38. The highest BCUT2D eigenvalue weighted by Crippen LogP contribution is 2.35. The molecule has 122 valence electrons. The number of sulfonamides is 1. The van der Waals surface area contributed by atoms with Crippen LogP contribution in [0.25, 0.3) is 0 Å². The lowest BCUT2D eigenvalue weighted by atomic mass is 10.1. The Labute approximate surface area is 130 Å². The molecule has 0 saturated heterocycles. The number of hydrogen-bond acceptors (Lipinski definition) is 5. The average molecular weight is 328 g/mol. The molecular weight excluding hydrogens is 308 g/mol. The van der Waals surface area contributed by atoms with E-state index in [0.29, 0.717) is 24.5 Å². The van der Waals surface area contributed by atoms with E-state index < -0.39 is 15.6 Å². The molecule has 1 aromatic carbocycles. The van der Waals surface area contributed by atoms with Gasteiger partial charge in [-0.1, -0.05) is 0 Å². The van der Waals surface area contributed by atoms with Crippen LogP contribution in [0.1, 0.15) is 20.3 Å². The van der Waals surface area contributed by atoms with Gasteiger partial charge in [0, 0.05) is 26.3 Å². The maximum Gasteiger partial charge on any atom is 0.268 e. The van der Waals surface area contributed by atoms with Gasteiger partial charge in [0.2, 0.25) is 10.0 Å². The Morgan fingerprint density at radius 1 is 1.36 bits per heavy atom. The van der Waals surface area contributed by atoms with Crippen molar-refractivity contribution in [3.63, 3.8) is 0 Å². The van der Waals surface area contributed by atoms with Crippen molar-refractivity contribution in [3.05, 3.63) is 18.2 Å². The topological polar surface area (TPSA) is 93.7 Å². The number of methoxy groups -OCH3 is 1. The minimum absolute atomic E-state index is 0.0932. The van der Waals surface area contributed by atoms with Crippen molar-refractivity contribution in [2.45, 2.75) is 30.8 Å². The summed E-state index contributed by atoms with van der Waals surface area (Å²) in [7, 11) is -2.06. The monoisotopic (exact) mass is 328 g/mol. The fourth-order valence-electron chi connectivity index (χ4n) is 1.96. The fraction of sp³-hybridized carbons (Fsp3) is 0.500.